The van der Waals surface area contributed by atoms with E-state index >= 15 is 0 Å². The predicted octanol–water partition coefficient (Wildman–Crippen LogP) is 0.305. The number of nitrogens with one attached hydrogen (secondary N) is 2. The van der Waals surface area contributed by atoms with Gasteiger partial charge in [-0.2, -0.15) is 15.0 Å². The molecule has 0 fully saturated rings. The third kappa shape index (κ3) is 4.62. The summed E-state index contributed by atoms with van der Waals surface area (Å²) in [6, 6.07) is 6.41. The maximum absolute atomic E-state index is 11.8. The second-order valence-corrected chi connectivity index (χ2v) is 5.40. The number of carbonyl (C=O) groups excluding carboxylic acids is 2. The third-order valence-corrected chi connectivity index (χ3v) is 3.24. The Balaban J connectivity index is 1.85. The Morgan fingerprint density at radius 2 is 1.78 bits per heavy atom. The lowest BCUT2D eigenvalue weighted by Crippen LogP contribution is -2.46. The monoisotopic (exact) mass is 316 g/mol. The van der Waals surface area contributed by atoms with Crippen molar-refractivity contribution in [3.63, 3.8) is 0 Å². The Labute approximate surface area is 134 Å². The number of amides is 2. The zero-order valence-electron chi connectivity index (χ0n) is 13.1. The van der Waals surface area contributed by atoms with Crippen LogP contribution in [0.5, 0.6) is 0 Å². The van der Waals surface area contributed by atoms with E-state index in [1.807, 2.05) is 13.8 Å². The number of aromatic nitrogens is 3. The molecule has 1 aromatic heterocycles. The fourth-order valence-corrected chi connectivity index (χ4v) is 1.82. The molecule has 0 unspecified atom stereocenters. The highest BCUT2D eigenvalue weighted by atomic mass is 16.2. The Kier molecular flexibility index (Phi) is 5.42. The van der Waals surface area contributed by atoms with Crippen molar-refractivity contribution < 1.29 is 9.59 Å². The van der Waals surface area contributed by atoms with Crippen LogP contribution in [0.25, 0.3) is 5.69 Å². The lowest BCUT2D eigenvalue weighted by atomic mass is 10.1. The minimum Gasteiger partial charge on any atom is -0.346 e. The van der Waals surface area contributed by atoms with Crippen LogP contribution in [0.1, 0.15) is 13.8 Å². The van der Waals surface area contributed by atoms with Gasteiger partial charge in [-0.15, -0.1) is 0 Å². The highest BCUT2D eigenvalue weighted by Crippen LogP contribution is 2.11. The smallest absolute Gasteiger partial charge is 0.243 e. The Morgan fingerprint density at radius 1 is 1.17 bits per heavy atom. The maximum Gasteiger partial charge on any atom is 0.243 e. The largest absolute Gasteiger partial charge is 0.346 e. The molecule has 0 saturated heterocycles. The van der Waals surface area contributed by atoms with E-state index in [-0.39, 0.29) is 24.3 Å². The van der Waals surface area contributed by atoms with Crippen molar-refractivity contribution in [1.29, 1.82) is 0 Å². The summed E-state index contributed by atoms with van der Waals surface area (Å²) in [6.07, 6.45) is 3.17. The van der Waals surface area contributed by atoms with Crippen LogP contribution in [0.15, 0.2) is 36.7 Å². The predicted molar refractivity (Wildman–Crippen MR) is 85.8 cm³/mol. The van der Waals surface area contributed by atoms with E-state index in [9.17, 15) is 9.59 Å². The zero-order chi connectivity index (χ0) is 16.8. The summed E-state index contributed by atoms with van der Waals surface area (Å²) in [5.74, 6) is -0.643. The summed E-state index contributed by atoms with van der Waals surface area (Å²) in [6.45, 7) is 3.57. The molecule has 2 aromatic rings. The van der Waals surface area contributed by atoms with Crippen LogP contribution in [0.2, 0.25) is 0 Å². The summed E-state index contributed by atoms with van der Waals surface area (Å²) in [7, 11) is 0. The molecule has 122 valence electrons. The molecule has 0 spiro atoms. The number of hydrogen-bond acceptors (Lipinski definition) is 5. The van der Waals surface area contributed by atoms with Gasteiger partial charge in [-0.1, -0.05) is 13.8 Å². The van der Waals surface area contributed by atoms with Crippen LogP contribution in [-0.2, 0) is 9.59 Å². The van der Waals surface area contributed by atoms with Crippen molar-refractivity contribution in [2.24, 2.45) is 11.7 Å². The van der Waals surface area contributed by atoms with Gasteiger partial charge >= 0.3 is 0 Å². The van der Waals surface area contributed by atoms with Gasteiger partial charge in [-0.05, 0) is 30.2 Å². The molecule has 0 saturated carbocycles. The topological polar surface area (TPSA) is 115 Å². The van der Waals surface area contributed by atoms with Crippen LogP contribution in [0, 0.1) is 5.92 Å². The van der Waals surface area contributed by atoms with E-state index in [1.165, 1.54) is 4.80 Å². The summed E-state index contributed by atoms with van der Waals surface area (Å²) in [5.41, 5.74) is 7.10. The maximum atomic E-state index is 11.8. The molecule has 8 nitrogen and oxygen atoms in total. The van der Waals surface area contributed by atoms with Crippen molar-refractivity contribution in [1.82, 2.24) is 20.3 Å². The van der Waals surface area contributed by atoms with E-state index < -0.39 is 6.04 Å². The number of nitrogens with two attached hydrogens (primary N) is 1. The van der Waals surface area contributed by atoms with Crippen LogP contribution in [0.3, 0.4) is 0 Å². The molecule has 23 heavy (non-hydrogen) atoms. The van der Waals surface area contributed by atoms with E-state index in [0.29, 0.717) is 5.69 Å². The normalized spacial score (nSPS) is 12.0. The summed E-state index contributed by atoms with van der Waals surface area (Å²) < 4.78 is 0. The van der Waals surface area contributed by atoms with E-state index in [4.69, 9.17) is 5.73 Å². The number of benzene rings is 1. The average Bonchev–Trinajstić information content (AvgIpc) is 3.07. The molecule has 1 aromatic carbocycles. The van der Waals surface area contributed by atoms with Crippen molar-refractivity contribution in [3.8, 4) is 5.69 Å². The molecule has 2 rings (SSSR count). The van der Waals surface area contributed by atoms with Gasteiger partial charge in [-0.25, -0.2) is 0 Å². The van der Waals surface area contributed by atoms with Crippen LogP contribution >= 0.6 is 0 Å². The van der Waals surface area contributed by atoms with Gasteiger partial charge in [0.15, 0.2) is 0 Å². The van der Waals surface area contributed by atoms with Gasteiger partial charge < -0.3 is 16.4 Å². The molecule has 0 bridgehead atoms. The highest BCUT2D eigenvalue weighted by Gasteiger charge is 2.17. The molecule has 0 aliphatic heterocycles. The van der Waals surface area contributed by atoms with Crippen LogP contribution < -0.4 is 16.4 Å². The molecule has 0 aliphatic carbocycles. The summed E-state index contributed by atoms with van der Waals surface area (Å²) in [5, 5.41) is 13.2. The number of nitrogens with zero attached hydrogens (tertiary/aromatic N) is 3. The summed E-state index contributed by atoms with van der Waals surface area (Å²) in [4.78, 5) is 25.0. The van der Waals surface area contributed by atoms with Gasteiger partial charge in [0.25, 0.3) is 0 Å². The molecular weight excluding hydrogens is 296 g/mol. The molecule has 1 heterocycles. The van der Waals surface area contributed by atoms with Crippen molar-refractivity contribution in [2.45, 2.75) is 19.9 Å². The molecule has 1 atom stereocenters. The molecular formula is C15H20N6O2. The fraction of sp³-hybridized carbons (Fsp3) is 0.333. The van der Waals surface area contributed by atoms with Crippen molar-refractivity contribution >= 4 is 17.5 Å². The third-order valence-electron chi connectivity index (χ3n) is 3.24. The van der Waals surface area contributed by atoms with E-state index in [0.717, 1.165) is 5.69 Å². The number of anilines is 1. The lowest BCUT2D eigenvalue weighted by molar-refractivity contribution is -0.125. The average molecular weight is 316 g/mol. The first-order chi connectivity index (χ1) is 11.0. The first-order valence-electron chi connectivity index (χ1n) is 7.27. The van der Waals surface area contributed by atoms with Gasteiger partial charge in [0.1, 0.15) is 0 Å². The second-order valence-electron chi connectivity index (χ2n) is 5.40. The Hall–Kier alpha value is -2.74. The molecule has 8 heteroatoms. The first-order valence-corrected chi connectivity index (χ1v) is 7.27. The van der Waals surface area contributed by atoms with Crippen LogP contribution in [-0.4, -0.2) is 39.4 Å². The van der Waals surface area contributed by atoms with Crippen molar-refractivity contribution in [2.75, 3.05) is 11.9 Å². The fourth-order valence-electron chi connectivity index (χ4n) is 1.82. The van der Waals surface area contributed by atoms with Crippen LogP contribution in [0.4, 0.5) is 5.69 Å². The highest BCUT2D eigenvalue weighted by molar-refractivity contribution is 5.95. The Bertz CT molecular complexity index is 651. The number of hydrogen-bond donors (Lipinski definition) is 3. The second kappa shape index (κ2) is 7.50. The minimum atomic E-state index is -0.622. The molecule has 2 amide bonds. The standard InChI is InChI=1S/C15H20N6O2/c1-10(2)14(16)15(23)17-9-13(22)20-11-3-5-12(6-4-11)21-18-7-8-19-21/h3-8,10,14H,9,16H2,1-2H3,(H,17,23)(H,20,22)/t14-/m0/s1. The van der Waals surface area contributed by atoms with Gasteiger partial charge in [0.2, 0.25) is 11.8 Å². The first kappa shape index (κ1) is 16.6. The van der Waals surface area contributed by atoms with E-state index in [2.05, 4.69) is 20.8 Å². The van der Waals surface area contributed by atoms with Gasteiger partial charge in [0.05, 0.1) is 30.7 Å². The Morgan fingerprint density at radius 3 is 2.35 bits per heavy atom. The lowest BCUT2D eigenvalue weighted by Gasteiger charge is -2.15. The van der Waals surface area contributed by atoms with Crippen molar-refractivity contribution in [3.05, 3.63) is 36.7 Å². The molecule has 0 aliphatic rings. The minimum absolute atomic E-state index is 0.0153. The van der Waals surface area contributed by atoms with E-state index in [1.54, 1.807) is 36.7 Å². The number of rotatable bonds is 6. The molecule has 4 N–H and O–H groups in total. The summed E-state index contributed by atoms with van der Waals surface area (Å²) >= 11 is 0. The molecule has 0 radical (unpaired) electrons. The van der Waals surface area contributed by atoms with Gasteiger partial charge in [-0.3, -0.25) is 9.59 Å². The van der Waals surface area contributed by atoms with Gasteiger partial charge in [0, 0.05) is 5.69 Å². The zero-order valence-corrected chi connectivity index (χ0v) is 13.1. The quantitative estimate of drug-likeness (QED) is 0.709. The SMILES string of the molecule is CC(C)[C@H](N)C(=O)NCC(=O)Nc1ccc(-n2nccn2)cc1. The number of carbonyl (C=O) groups is 2.